The second-order valence-corrected chi connectivity index (χ2v) is 8.98. The molecule has 0 saturated carbocycles. The number of nitrogens with one attached hydrogen (secondary N) is 2. The second kappa shape index (κ2) is 8.68. The highest BCUT2D eigenvalue weighted by Crippen LogP contribution is 2.39. The van der Waals surface area contributed by atoms with Crippen molar-refractivity contribution in [2.45, 2.75) is 23.4 Å². The van der Waals surface area contributed by atoms with E-state index in [0.29, 0.717) is 21.7 Å². The minimum Gasteiger partial charge on any atom is -0.325 e. The van der Waals surface area contributed by atoms with Gasteiger partial charge >= 0.3 is 0 Å². The van der Waals surface area contributed by atoms with Crippen molar-refractivity contribution in [3.8, 4) is 11.4 Å². The highest BCUT2D eigenvalue weighted by molar-refractivity contribution is 8.00. The molecule has 0 bridgehead atoms. The predicted octanol–water partition coefficient (Wildman–Crippen LogP) is 5.30. The SMILES string of the molecule is Cc1c(Cl)cccc1NC(=O)C1Sc2nnc(-c3ccccc3)n2NC1c1ccccc1. The number of halogens is 1. The Kier molecular flexibility index (Phi) is 5.59. The zero-order valence-electron chi connectivity index (χ0n) is 17.2. The third-order valence-electron chi connectivity index (χ3n) is 5.41. The number of hydrogen-bond acceptors (Lipinski definition) is 5. The van der Waals surface area contributed by atoms with Gasteiger partial charge in [0.1, 0.15) is 5.25 Å². The summed E-state index contributed by atoms with van der Waals surface area (Å²) in [6.07, 6.45) is 0. The third kappa shape index (κ3) is 3.85. The maximum Gasteiger partial charge on any atom is 0.240 e. The van der Waals surface area contributed by atoms with Gasteiger partial charge in [-0.2, -0.15) is 0 Å². The van der Waals surface area contributed by atoms with Gasteiger partial charge in [0.05, 0.1) is 6.04 Å². The first-order valence-corrected chi connectivity index (χ1v) is 11.4. The van der Waals surface area contributed by atoms with Gasteiger partial charge in [-0.3, -0.25) is 4.79 Å². The van der Waals surface area contributed by atoms with Crippen LogP contribution in [-0.4, -0.2) is 26.0 Å². The summed E-state index contributed by atoms with van der Waals surface area (Å²) >= 11 is 7.64. The number of carbonyl (C=O) groups excluding carboxylic acids is 1. The van der Waals surface area contributed by atoms with Gasteiger partial charge in [0, 0.05) is 16.3 Å². The number of thioether (sulfide) groups is 1. The first-order valence-electron chi connectivity index (χ1n) is 10.2. The van der Waals surface area contributed by atoms with Crippen LogP contribution in [0, 0.1) is 6.92 Å². The van der Waals surface area contributed by atoms with E-state index in [1.165, 1.54) is 11.8 Å². The van der Waals surface area contributed by atoms with Crippen LogP contribution in [0.3, 0.4) is 0 Å². The van der Waals surface area contributed by atoms with E-state index in [9.17, 15) is 4.79 Å². The van der Waals surface area contributed by atoms with Crippen molar-refractivity contribution < 1.29 is 4.79 Å². The largest absolute Gasteiger partial charge is 0.325 e. The van der Waals surface area contributed by atoms with Crippen molar-refractivity contribution in [1.82, 2.24) is 14.9 Å². The Morgan fingerprint density at radius 2 is 1.72 bits per heavy atom. The molecule has 3 aromatic carbocycles. The smallest absolute Gasteiger partial charge is 0.240 e. The normalized spacial score (nSPS) is 17.3. The Morgan fingerprint density at radius 3 is 2.47 bits per heavy atom. The molecule has 2 unspecified atom stereocenters. The van der Waals surface area contributed by atoms with Crippen molar-refractivity contribution in [2.75, 3.05) is 10.7 Å². The molecule has 2 heterocycles. The molecule has 0 spiro atoms. The molecule has 0 radical (unpaired) electrons. The summed E-state index contributed by atoms with van der Waals surface area (Å²) in [5.41, 5.74) is 6.97. The summed E-state index contributed by atoms with van der Waals surface area (Å²) in [6, 6.07) is 25.0. The van der Waals surface area contributed by atoms with Crippen LogP contribution in [0.2, 0.25) is 5.02 Å². The quantitative estimate of drug-likeness (QED) is 0.431. The maximum atomic E-state index is 13.4. The van der Waals surface area contributed by atoms with Crippen molar-refractivity contribution in [3.63, 3.8) is 0 Å². The number of anilines is 1. The molecular weight excluding hydrogens is 442 g/mol. The van der Waals surface area contributed by atoms with Gasteiger partial charge in [-0.1, -0.05) is 90.1 Å². The number of nitrogens with zero attached hydrogens (tertiary/aromatic N) is 3. The topological polar surface area (TPSA) is 71.8 Å². The number of benzene rings is 3. The van der Waals surface area contributed by atoms with Crippen molar-refractivity contribution in [2.24, 2.45) is 0 Å². The van der Waals surface area contributed by atoms with Crippen molar-refractivity contribution >= 4 is 35.0 Å². The van der Waals surface area contributed by atoms with Crippen LogP contribution in [0.15, 0.2) is 84.0 Å². The third-order valence-corrected chi connectivity index (χ3v) is 7.04. The van der Waals surface area contributed by atoms with Crippen LogP contribution in [0.25, 0.3) is 11.4 Å². The van der Waals surface area contributed by atoms with Crippen LogP contribution < -0.4 is 10.7 Å². The van der Waals surface area contributed by atoms with E-state index >= 15 is 0 Å². The van der Waals surface area contributed by atoms with E-state index in [0.717, 1.165) is 16.7 Å². The van der Waals surface area contributed by atoms with Gasteiger partial charge in [0.15, 0.2) is 5.82 Å². The second-order valence-electron chi connectivity index (χ2n) is 7.47. The van der Waals surface area contributed by atoms with E-state index in [1.54, 1.807) is 0 Å². The molecule has 1 aliphatic heterocycles. The Hall–Kier alpha value is -3.29. The molecule has 0 saturated heterocycles. The van der Waals surface area contributed by atoms with E-state index in [-0.39, 0.29) is 11.9 Å². The number of hydrogen-bond donors (Lipinski definition) is 2. The first kappa shape index (κ1) is 20.6. The van der Waals surface area contributed by atoms with E-state index < -0.39 is 5.25 Å². The van der Waals surface area contributed by atoms with Gasteiger partial charge in [-0.15, -0.1) is 10.2 Å². The molecule has 160 valence electrons. The Bertz CT molecular complexity index is 1260. The number of fused-ring (bicyclic) bond motifs is 1. The highest BCUT2D eigenvalue weighted by atomic mass is 35.5. The Morgan fingerprint density at radius 1 is 1.00 bits per heavy atom. The molecule has 1 aromatic heterocycles. The molecule has 6 nitrogen and oxygen atoms in total. The summed E-state index contributed by atoms with van der Waals surface area (Å²) in [4.78, 5) is 13.4. The monoisotopic (exact) mass is 461 g/mol. The molecule has 4 aromatic rings. The minimum absolute atomic E-state index is 0.128. The van der Waals surface area contributed by atoms with Crippen molar-refractivity contribution in [1.29, 1.82) is 0 Å². The average Bonchev–Trinajstić information content (AvgIpc) is 3.25. The fourth-order valence-electron chi connectivity index (χ4n) is 3.69. The first-order chi connectivity index (χ1) is 15.6. The fourth-order valence-corrected chi connectivity index (χ4v) is 4.94. The summed E-state index contributed by atoms with van der Waals surface area (Å²) in [6.45, 7) is 1.89. The molecule has 1 aliphatic rings. The van der Waals surface area contributed by atoms with Crippen LogP contribution in [-0.2, 0) is 4.79 Å². The van der Waals surface area contributed by atoms with Gasteiger partial charge in [-0.25, -0.2) is 4.68 Å². The van der Waals surface area contributed by atoms with Crippen LogP contribution in [0.1, 0.15) is 17.2 Å². The molecule has 5 rings (SSSR count). The number of rotatable bonds is 4. The molecule has 2 atom stereocenters. The zero-order valence-corrected chi connectivity index (χ0v) is 18.8. The van der Waals surface area contributed by atoms with Gasteiger partial charge in [-0.05, 0) is 30.2 Å². The lowest BCUT2D eigenvalue weighted by Gasteiger charge is -2.33. The lowest BCUT2D eigenvalue weighted by atomic mass is 10.0. The lowest BCUT2D eigenvalue weighted by molar-refractivity contribution is -0.116. The molecule has 1 amide bonds. The molecule has 2 N–H and O–H groups in total. The number of aromatic nitrogens is 3. The van der Waals surface area contributed by atoms with E-state index in [2.05, 4.69) is 20.9 Å². The van der Waals surface area contributed by atoms with Gasteiger partial charge < -0.3 is 10.7 Å². The maximum absolute atomic E-state index is 13.4. The molecule has 32 heavy (non-hydrogen) atoms. The molecule has 0 fully saturated rings. The number of amides is 1. The number of carbonyl (C=O) groups is 1. The average molecular weight is 462 g/mol. The molecule has 8 heteroatoms. The summed E-state index contributed by atoms with van der Waals surface area (Å²) in [5, 5.41) is 12.6. The Labute approximate surface area is 195 Å². The molecule has 0 aliphatic carbocycles. The van der Waals surface area contributed by atoms with Crippen LogP contribution >= 0.6 is 23.4 Å². The summed E-state index contributed by atoms with van der Waals surface area (Å²) < 4.78 is 1.87. The Balaban J connectivity index is 1.51. The van der Waals surface area contributed by atoms with E-state index in [1.807, 2.05) is 90.5 Å². The van der Waals surface area contributed by atoms with Crippen molar-refractivity contribution in [3.05, 3.63) is 95.0 Å². The minimum atomic E-state index is -0.462. The molecular formula is C24H20ClN5OS. The van der Waals surface area contributed by atoms with Crippen LogP contribution in [0.5, 0.6) is 0 Å². The van der Waals surface area contributed by atoms with Gasteiger partial charge in [0.25, 0.3) is 0 Å². The lowest BCUT2D eigenvalue weighted by Crippen LogP contribution is -2.41. The summed E-state index contributed by atoms with van der Waals surface area (Å²) in [7, 11) is 0. The highest BCUT2D eigenvalue weighted by Gasteiger charge is 2.38. The summed E-state index contributed by atoms with van der Waals surface area (Å²) in [5.74, 6) is 0.579. The van der Waals surface area contributed by atoms with Crippen LogP contribution in [0.4, 0.5) is 5.69 Å². The zero-order chi connectivity index (χ0) is 22.1. The van der Waals surface area contributed by atoms with Gasteiger partial charge in [0.2, 0.25) is 11.1 Å². The van der Waals surface area contributed by atoms with E-state index in [4.69, 9.17) is 11.6 Å². The fraction of sp³-hybridized carbons (Fsp3) is 0.125. The predicted molar refractivity (Wildman–Crippen MR) is 128 cm³/mol. The standard InChI is InChI=1S/C24H20ClN5OS/c1-15-18(25)13-8-14-19(15)26-23(31)21-20(16-9-4-2-5-10-16)29-30-22(27-28-24(30)32-21)17-11-6-3-7-12-17/h2-14,20-21,29H,1H3,(H,26,31).